The largest absolute Gasteiger partial charge is 0.503 e. The predicted octanol–water partition coefficient (Wildman–Crippen LogP) is 2.35. The van der Waals surface area contributed by atoms with Crippen molar-refractivity contribution in [2.24, 2.45) is 0 Å². The summed E-state index contributed by atoms with van der Waals surface area (Å²) in [6.45, 7) is 0. The Labute approximate surface area is 75.1 Å². The average Bonchev–Trinajstić information content (AvgIpc) is 2.06. The fourth-order valence-corrected chi connectivity index (χ4v) is 0.818. The summed E-state index contributed by atoms with van der Waals surface area (Å²) in [7, 11) is 0. The Bertz CT molecular complexity index is 304. The van der Waals surface area contributed by atoms with Gasteiger partial charge in [-0.1, -0.05) is 30.3 Å². The first-order chi connectivity index (χ1) is 5.70. The SMILES string of the molecule is O=C(Cl)C(O)=Cc1ccccc1. The summed E-state index contributed by atoms with van der Waals surface area (Å²) < 4.78 is 0. The van der Waals surface area contributed by atoms with Crippen LogP contribution in [-0.4, -0.2) is 10.3 Å². The molecule has 0 amide bonds. The van der Waals surface area contributed by atoms with E-state index in [4.69, 9.17) is 16.7 Å². The van der Waals surface area contributed by atoms with Gasteiger partial charge in [0.25, 0.3) is 5.24 Å². The molecule has 0 heterocycles. The minimum absolute atomic E-state index is 0.442. The lowest BCUT2D eigenvalue weighted by Crippen LogP contribution is -1.90. The molecule has 0 aliphatic heterocycles. The summed E-state index contributed by atoms with van der Waals surface area (Å²) in [5.41, 5.74) is 0.740. The van der Waals surface area contributed by atoms with Crippen LogP contribution in [-0.2, 0) is 4.79 Å². The number of aliphatic hydroxyl groups excluding tert-OH is 1. The molecule has 0 atom stereocenters. The molecule has 0 saturated carbocycles. The van der Waals surface area contributed by atoms with Gasteiger partial charge in [-0.3, -0.25) is 4.79 Å². The van der Waals surface area contributed by atoms with Crippen molar-refractivity contribution in [1.82, 2.24) is 0 Å². The minimum atomic E-state index is -0.848. The maximum atomic E-state index is 10.4. The first-order valence-corrected chi connectivity index (χ1v) is 3.73. The molecule has 0 aromatic heterocycles. The first-order valence-electron chi connectivity index (χ1n) is 3.35. The summed E-state index contributed by atoms with van der Waals surface area (Å²) in [4.78, 5) is 10.4. The molecular weight excluding hydrogens is 176 g/mol. The van der Waals surface area contributed by atoms with Crippen molar-refractivity contribution in [1.29, 1.82) is 0 Å². The molecule has 62 valence electrons. The van der Waals surface area contributed by atoms with Gasteiger partial charge in [0.2, 0.25) is 0 Å². The van der Waals surface area contributed by atoms with Crippen molar-refractivity contribution < 1.29 is 9.90 Å². The van der Waals surface area contributed by atoms with Crippen molar-refractivity contribution in [3.8, 4) is 0 Å². The van der Waals surface area contributed by atoms with E-state index in [-0.39, 0.29) is 0 Å². The highest BCUT2D eigenvalue weighted by molar-refractivity contribution is 6.67. The Morgan fingerprint density at radius 3 is 2.42 bits per heavy atom. The maximum Gasteiger partial charge on any atom is 0.286 e. The van der Waals surface area contributed by atoms with Gasteiger partial charge in [0.15, 0.2) is 5.76 Å². The third-order valence-corrected chi connectivity index (χ3v) is 1.50. The molecule has 1 rings (SSSR count). The Morgan fingerprint density at radius 1 is 1.33 bits per heavy atom. The van der Waals surface area contributed by atoms with E-state index in [0.29, 0.717) is 0 Å². The molecule has 0 fully saturated rings. The smallest absolute Gasteiger partial charge is 0.286 e. The number of rotatable bonds is 2. The van der Waals surface area contributed by atoms with Gasteiger partial charge in [-0.05, 0) is 23.2 Å². The Morgan fingerprint density at radius 2 is 1.92 bits per heavy atom. The normalized spacial score (nSPS) is 11.2. The summed E-state index contributed by atoms with van der Waals surface area (Å²) in [6, 6.07) is 8.97. The number of hydrogen-bond acceptors (Lipinski definition) is 2. The van der Waals surface area contributed by atoms with Gasteiger partial charge in [-0.2, -0.15) is 0 Å². The highest BCUT2D eigenvalue weighted by Gasteiger charge is 2.01. The van der Waals surface area contributed by atoms with E-state index in [1.54, 1.807) is 24.3 Å². The summed E-state index contributed by atoms with van der Waals surface area (Å²) in [5, 5.41) is 8.11. The van der Waals surface area contributed by atoms with Crippen LogP contribution in [0.5, 0.6) is 0 Å². The van der Waals surface area contributed by atoms with E-state index < -0.39 is 11.0 Å². The van der Waals surface area contributed by atoms with Crippen LogP contribution in [0.4, 0.5) is 0 Å². The topological polar surface area (TPSA) is 37.3 Å². The second-order valence-electron chi connectivity index (χ2n) is 2.21. The van der Waals surface area contributed by atoms with Gasteiger partial charge in [-0.15, -0.1) is 0 Å². The van der Waals surface area contributed by atoms with Crippen molar-refractivity contribution in [2.45, 2.75) is 0 Å². The third kappa shape index (κ3) is 2.40. The summed E-state index contributed by atoms with van der Waals surface area (Å²) >= 11 is 5.02. The van der Waals surface area contributed by atoms with Crippen molar-refractivity contribution in [2.75, 3.05) is 0 Å². The van der Waals surface area contributed by atoms with Gasteiger partial charge in [0, 0.05) is 0 Å². The van der Waals surface area contributed by atoms with Crippen LogP contribution in [0.2, 0.25) is 0 Å². The zero-order valence-corrected chi connectivity index (χ0v) is 6.95. The number of carbonyl (C=O) groups is 1. The molecule has 0 aliphatic rings. The van der Waals surface area contributed by atoms with Crippen LogP contribution in [0.15, 0.2) is 36.1 Å². The highest BCUT2D eigenvalue weighted by Crippen LogP contribution is 2.06. The van der Waals surface area contributed by atoms with E-state index in [1.165, 1.54) is 6.08 Å². The molecule has 0 radical (unpaired) electrons. The molecule has 1 aromatic rings. The van der Waals surface area contributed by atoms with E-state index in [1.807, 2.05) is 6.07 Å². The van der Waals surface area contributed by atoms with Crippen LogP contribution in [0.3, 0.4) is 0 Å². The Hall–Kier alpha value is -1.28. The van der Waals surface area contributed by atoms with Crippen LogP contribution in [0.1, 0.15) is 5.56 Å². The third-order valence-electron chi connectivity index (χ3n) is 1.30. The number of benzene rings is 1. The van der Waals surface area contributed by atoms with Gasteiger partial charge in [-0.25, -0.2) is 0 Å². The average molecular weight is 183 g/mol. The van der Waals surface area contributed by atoms with Crippen LogP contribution in [0, 0.1) is 0 Å². The number of aliphatic hydroxyl groups is 1. The predicted molar refractivity (Wildman–Crippen MR) is 47.9 cm³/mol. The van der Waals surface area contributed by atoms with Gasteiger partial charge in [0.1, 0.15) is 0 Å². The fraction of sp³-hybridized carbons (Fsp3) is 0. The quantitative estimate of drug-likeness (QED) is 0.433. The highest BCUT2D eigenvalue weighted by atomic mass is 35.5. The molecule has 0 unspecified atom stereocenters. The lowest BCUT2D eigenvalue weighted by atomic mass is 10.2. The Kier molecular flexibility index (Phi) is 2.88. The zero-order valence-electron chi connectivity index (χ0n) is 6.20. The van der Waals surface area contributed by atoms with Crippen molar-refractivity contribution in [3.05, 3.63) is 41.7 Å². The Balaban J connectivity index is 2.89. The molecule has 1 aromatic carbocycles. The van der Waals surface area contributed by atoms with Crippen LogP contribution < -0.4 is 0 Å². The molecular formula is C9H7ClO2. The monoisotopic (exact) mass is 182 g/mol. The van der Waals surface area contributed by atoms with Gasteiger partial charge in [0.05, 0.1) is 0 Å². The molecule has 0 saturated heterocycles. The van der Waals surface area contributed by atoms with Gasteiger partial charge >= 0.3 is 0 Å². The number of allylic oxidation sites excluding steroid dienone is 1. The molecule has 0 spiro atoms. The van der Waals surface area contributed by atoms with E-state index in [9.17, 15) is 4.79 Å². The second kappa shape index (κ2) is 3.93. The molecule has 3 heteroatoms. The number of hydrogen-bond donors (Lipinski definition) is 1. The summed E-state index contributed by atoms with van der Waals surface area (Å²) in [6.07, 6.45) is 1.31. The first kappa shape index (κ1) is 8.81. The lowest BCUT2D eigenvalue weighted by molar-refractivity contribution is -0.110. The lowest BCUT2D eigenvalue weighted by Gasteiger charge is -1.92. The van der Waals surface area contributed by atoms with Gasteiger partial charge < -0.3 is 5.11 Å². The van der Waals surface area contributed by atoms with E-state index >= 15 is 0 Å². The molecule has 12 heavy (non-hydrogen) atoms. The van der Waals surface area contributed by atoms with E-state index in [2.05, 4.69) is 0 Å². The van der Waals surface area contributed by atoms with Crippen molar-refractivity contribution >= 4 is 22.9 Å². The molecule has 1 N–H and O–H groups in total. The zero-order chi connectivity index (χ0) is 8.97. The number of halogens is 1. The molecule has 0 bridgehead atoms. The molecule has 0 aliphatic carbocycles. The van der Waals surface area contributed by atoms with Crippen molar-refractivity contribution in [3.63, 3.8) is 0 Å². The maximum absolute atomic E-state index is 10.4. The number of carbonyl (C=O) groups excluding carboxylic acids is 1. The summed E-state index contributed by atoms with van der Waals surface area (Å²) in [5.74, 6) is -0.442. The minimum Gasteiger partial charge on any atom is -0.503 e. The van der Waals surface area contributed by atoms with E-state index in [0.717, 1.165) is 5.56 Å². The van der Waals surface area contributed by atoms with Crippen LogP contribution in [0.25, 0.3) is 6.08 Å². The van der Waals surface area contributed by atoms with Crippen LogP contribution >= 0.6 is 11.6 Å². The molecule has 2 nitrogen and oxygen atoms in total. The second-order valence-corrected chi connectivity index (χ2v) is 2.56. The standard InChI is InChI=1S/C9H7ClO2/c10-9(12)8(11)6-7-4-2-1-3-5-7/h1-6,11H. The fourth-order valence-electron chi connectivity index (χ4n) is 0.764.